The van der Waals surface area contributed by atoms with Crippen LogP contribution in [0.2, 0.25) is 0 Å². The fraction of sp³-hybridized carbons (Fsp3) is 0.857. The number of hydrogen-bond donors (Lipinski definition) is 1. The predicted octanol–water partition coefficient (Wildman–Crippen LogP) is 2.91. The van der Waals surface area contributed by atoms with Gasteiger partial charge in [-0.05, 0) is 31.7 Å². The molecule has 20 heavy (non-hydrogen) atoms. The van der Waals surface area contributed by atoms with E-state index in [1.54, 1.807) is 0 Å². The van der Waals surface area contributed by atoms with Gasteiger partial charge in [-0.2, -0.15) is 16.7 Å². The average Bonchev–Trinajstić information content (AvgIpc) is 3.23. The maximum atomic E-state index is 5.48. The Bertz CT molecular complexity index is 416. The molecule has 0 aromatic carbocycles. The topological polar surface area (TPSA) is 51.0 Å². The molecule has 0 radical (unpaired) electrons. The number of hydrogen-bond acceptors (Lipinski definition) is 6. The first kappa shape index (κ1) is 14.7. The number of aromatic nitrogens is 2. The molecule has 1 N–H and O–H groups in total. The first-order valence-corrected chi connectivity index (χ1v) is 9.82. The van der Waals surface area contributed by atoms with Crippen molar-refractivity contribution in [1.29, 1.82) is 0 Å². The van der Waals surface area contributed by atoms with E-state index in [0.29, 0.717) is 11.3 Å². The summed E-state index contributed by atoms with van der Waals surface area (Å²) in [6, 6.07) is 0.525. The molecule has 2 atom stereocenters. The van der Waals surface area contributed by atoms with Gasteiger partial charge in [-0.1, -0.05) is 12.1 Å². The monoisotopic (exact) mass is 313 g/mol. The van der Waals surface area contributed by atoms with E-state index >= 15 is 0 Å². The Labute approximate surface area is 129 Å². The van der Waals surface area contributed by atoms with Crippen LogP contribution in [-0.4, -0.2) is 40.0 Å². The fourth-order valence-electron chi connectivity index (χ4n) is 2.54. The smallest absolute Gasteiger partial charge is 0.228 e. The zero-order valence-corrected chi connectivity index (χ0v) is 13.6. The summed E-state index contributed by atoms with van der Waals surface area (Å²) in [5.41, 5.74) is 0. The second-order valence-corrected chi connectivity index (χ2v) is 8.04. The second-order valence-electron chi connectivity index (χ2n) is 5.58. The van der Waals surface area contributed by atoms with Gasteiger partial charge in [0.15, 0.2) is 5.82 Å². The highest BCUT2D eigenvalue weighted by Crippen LogP contribution is 2.36. The maximum Gasteiger partial charge on any atom is 0.228 e. The Morgan fingerprint density at radius 1 is 1.40 bits per heavy atom. The molecule has 112 valence electrons. The highest BCUT2D eigenvalue weighted by atomic mass is 32.2. The van der Waals surface area contributed by atoms with Crippen molar-refractivity contribution in [2.24, 2.45) is 5.92 Å². The second kappa shape index (κ2) is 7.18. The van der Waals surface area contributed by atoms with Crippen LogP contribution in [0, 0.1) is 5.92 Å². The lowest BCUT2D eigenvalue weighted by Crippen LogP contribution is -2.33. The van der Waals surface area contributed by atoms with Crippen LogP contribution in [0.4, 0.5) is 0 Å². The van der Waals surface area contributed by atoms with Gasteiger partial charge in [0.1, 0.15) is 0 Å². The summed E-state index contributed by atoms with van der Waals surface area (Å²) >= 11 is 3.95. The van der Waals surface area contributed by atoms with Gasteiger partial charge < -0.3 is 9.84 Å². The van der Waals surface area contributed by atoms with Crippen LogP contribution in [0.1, 0.15) is 43.2 Å². The van der Waals surface area contributed by atoms with E-state index in [1.807, 2.05) is 23.5 Å². The van der Waals surface area contributed by atoms with Gasteiger partial charge in [0.05, 0.1) is 5.25 Å². The number of thioether (sulfide) groups is 2. The van der Waals surface area contributed by atoms with E-state index in [1.165, 1.54) is 30.8 Å². The van der Waals surface area contributed by atoms with Gasteiger partial charge in [0.25, 0.3) is 0 Å². The number of nitrogens with one attached hydrogen (secondary N) is 1. The zero-order chi connectivity index (χ0) is 13.8. The molecule has 0 amide bonds. The van der Waals surface area contributed by atoms with Crippen molar-refractivity contribution in [3.63, 3.8) is 0 Å². The highest BCUT2D eigenvalue weighted by Gasteiger charge is 2.32. The minimum atomic E-state index is 0.425. The molecular weight excluding hydrogens is 290 g/mol. The first-order valence-electron chi connectivity index (χ1n) is 7.62. The lowest BCUT2D eigenvalue weighted by atomic mass is 10.1. The molecule has 6 heteroatoms. The molecule has 0 spiro atoms. The molecule has 2 aliphatic rings. The van der Waals surface area contributed by atoms with Gasteiger partial charge in [-0.25, -0.2) is 0 Å². The summed E-state index contributed by atoms with van der Waals surface area (Å²) in [5, 5.41) is 8.26. The summed E-state index contributed by atoms with van der Waals surface area (Å²) in [6.07, 6.45) is 4.76. The highest BCUT2D eigenvalue weighted by molar-refractivity contribution is 8.06. The van der Waals surface area contributed by atoms with Crippen LogP contribution in [0.3, 0.4) is 0 Å². The SMILES string of the molecule is CCCNC(Cc1nc(C2CSCCS2)no1)C1CC1. The largest absolute Gasteiger partial charge is 0.339 e. The summed E-state index contributed by atoms with van der Waals surface area (Å²) in [5.74, 6) is 6.10. The molecule has 2 heterocycles. The average molecular weight is 313 g/mol. The Kier molecular flexibility index (Phi) is 5.29. The maximum absolute atomic E-state index is 5.48. The minimum Gasteiger partial charge on any atom is -0.339 e. The van der Waals surface area contributed by atoms with Crippen LogP contribution < -0.4 is 5.32 Å². The van der Waals surface area contributed by atoms with Crippen LogP contribution >= 0.6 is 23.5 Å². The van der Waals surface area contributed by atoms with Crippen molar-refractivity contribution in [2.45, 2.75) is 43.9 Å². The lowest BCUT2D eigenvalue weighted by molar-refractivity contribution is 0.343. The first-order chi connectivity index (χ1) is 9.86. The molecule has 1 aliphatic carbocycles. The predicted molar refractivity (Wildman–Crippen MR) is 85.3 cm³/mol. The molecule has 1 aliphatic heterocycles. The van der Waals surface area contributed by atoms with Crippen molar-refractivity contribution in [1.82, 2.24) is 15.5 Å². The minimum absolute atomic E-state index is 0.425. The fourth-order valence-corrected chi connectivity index (χ4v) is 5.13. The Balaban J connectivity index is 1.57. The normalized spacial score (nSPS) is 24.8. The van der Waals surface area contributed by atoms with Crippen molar-refractivity contribution in [3.05, 3.63) is 11.7 Å². The van der Waals surface area contributed by atoms with Gasteiger partial charge in [-0.15, -0.1) is 11.8 Å². The van der Waals surface area contributed by atoms with Crippen molar-refractivity contribution >= 4 is 23.5 Å². The number of nitrogens with zero attached hydrogens (tertiary/aromatic N) is 2. The third-order valence-electron chi connectivity index (χ3n) is 3.83. The molecule has 1 aromatic heterocycles. The standard InChI is InChI=1S/C14H23N3OS2/c1-2-5-15-11(10-3-4-10)8-13-16-14(17-18-13)12-9-19-6-7-20-12/h10-12,15H,2-9H2,1H3. The third-order valence-corrected chi connectivity index (χ3v) is 6.58. The zero-order valence-electron chi connectivity index (χ0n) is 12.0. The molecule has 1 saturated heterocycles. The van der Waals surface area contributed by atoms with E-state index in [9.17, 15) is 0 Å². The van der Waals surface area contributed by atoms with E-state index < -0.39 is 0 Å². The quantitative estimate of drug-likeness (QED) is 0.835. The Morgan fingerprint density at radius 3 is 3.00 bits per heavy atom. The van der Waals surface area contributed by atoms with Gasteiger partial charge in [0, 0.05) is 29.7 Å². The van der Waals surface area contributed by atoms with E-state index in [2.05, 4.69) is 22.4 Å². The molecule has 3 rings (SSSR count). The van der Waals surface area contributed by atoms with Gasteiger partial charge >= 0.3 is 0 Å². The molecule has 1 aromatic rings. The third kappa shape index (κ3) is 3.92. The van der Waals surface area contributed by atoms with E-state index in [4.69, 9.17) is 4.52 Å². The number of rotatable bonds is 7. The molecule has 1 saturated carbocycles. The summed E-state index contributed by atoms with van der Waals surface area (Å²) < 4.78 is 5.48. The Morgan fingerprint density at radius 2 is 2.30 bits per heavy atom. The van der Waals surface area contributed by atoms with Crippen molar-refractivity contribution < 1.29 is 4.52 Å². The molecule has 4 nitrogen and oxygen atoms in total. The van der Waals surface area contributed by atoms with Crippen LogP contribution in [0.15, 0.2) is 4.52 Å². The molecule has 2 unspecified atom stereocenters. The van der Waals surface area contributed by atoms with Crippen molar-refractivity contribution in [2.75, 3.05) is 23.8 Å². The lowest BCUT2D eigenvalue weighted by Gasteiger charge is -2.17. The van der Waals surface area contributed by atoms with Crippen LogP contribution in [0.5, 0.6) is 0 Å². The Hall–Kier alpha value is -0.200. The summed E-state index contributed by atoms with van der Waals surface area (Å²) in [7, 11) is 0. The van der Waals surface area contributed by atoms with Gasteiger partial charge in [0.2, 0.25) is 5.89 Å². The van der Waals surface area contributed by atoms with Crippen molar-refractivity contribution in [3.8, 4) is 0 Å². The van der Waals surface area contributed by atoms with Gasteiger partial charge in [-0.3, -0.25) is 0 Å². The summed E-state index contributed by atoms with van der Waals surface area (Å²) in [6.45, 7) is 3.29. The molecular formula is C14H23N3OS2. The summed E-state index contributed by atoms with van der Waals surface area (Å²) in [4.78, 5) is 4.64. The molecule has 0 bridgehead atoms. The molecule has 2 fully saturated rings. The van der Waals surface area contributed by atoms with E-state index in [-0.39, 0.29) is 0 Å². The van der Waals surface area contributed by atoms with Crippen LogP contribution in [0.25, 0.3) is 0 Å². The van der Waals surface area contributed by atoms with Crippen LogP contribution in [-0.2, 0) is 6.42 Å². The van der Waals surface area contributed by atoms with E-state index in [0.717, 1.165) is 36.4 Å².